The molecule has 2 aliphatic rings. The minimum Gasteiger partial charge on any atom is -0.491 e. The van der Waals surface area contributed by atoms with Crippen molar-refractivity contribution < 1.29 is 29.2 Å². The fourth-order valence-electron chi connectivity index (χ4n) is 4.32. The number of benzene rings is 1. The summed E-state index contributed by atoms with van der Waals surface area (Å²) in [7, 11) is 0. The molecule has 1 heterocycles. The summed E-state index contributed by atoms with van der Waals surface area (Å²) in [5.74, 6) is 0.00722. The lowest BCUT2D eigenvalue weighted by molar-refractivity contribution is -0.195. The fourth-order valence-corrected chi connectivity index (χ4v) is 4.32. The monoisotopic (exact) mass is 392 g/mol. The van der Waals surface area contributed by atoms with Crippen LogP contribution >= 0.6 is 0 Å². The zero-order valence-electron chi connectivity index (χ0n) is 16.4. The Hall–Kier alpha value is -1.63. The van der Waals surface area contributed by atoms with Gasteiger partial charge in [-0.05, 0) is 68.9 Å². The molecule has 6 heteroatoms. The van der Waals surface area contributed by atoms with Gasteiger partial charge in [0.25, 0.3) is 0 Å². The average molecular weight is 392 g/mol. The molecule has 1 saturated heterocycles. The first-order valence-corrected chi connectivity index (χ1v) is 10.5. The molecule has 156 valence electrons. The Morgan fingerprint density at radius 3 is 2.71 bits per heavy atom. The van der Waals surface area contributed by atoms with E-state index in [1.54, 1.807) is 0 Å². The van der Waals surface area contributed by atoms with E-state index in [0.29, 0.717) is 13.0 Å². The van der Waals surface area contributed by atoms with Crippen molar-refractivity contribution in [2.24, 2.45) is 11.8 Å². The van der Waals surface area contributed by atoms with Crippen LogP contribution in [0.3, 0.4) is 0 Å². The third-order valence-electron chi connectivity index (χ3n) is 5.86. The molecule has 2 fully saturated rings. The molecular weight excluding hydrogens is 360 g/mol. The molecule has 1 aromatic carbocycles. The number of para-hydroxylation sites is 1. The largest absolute Gasteiger partial charge is 0.491 e. The second-order valence-corrected chi connectivity index (χ2v) is 7.92. The van der Waals surface area contributed by atoms with Crippen molar-refractivity contribution in [1.29, 1.82) is 0 Å². The summed E-state index contributed by atoms with van der Waals surface area (Å²) in [6.45, 7) is 1.16. The van der Waals surface area contributed by atoms with Crippen LogP contribution in [0.1, 0.15) is 51.4 Å². The standard InChI is InChI=1S/C22H32O6/c23-20-12-10-16(19(20)14-21(24)25)9-11-18(28-22-8-4-5-13-26-22)15-27-17-6-2-1-3-7-17/h1-3,6-7,16,18-20,22-23H,4-5,8-15H2,(H,24,25). The molecule has 2 N–H and O–H groups in total. The van der Waals surface area contributed by atoms with Gasteiger partial charge >= 0.3 is 5.97 Å². The second-order valence-electron chi connectivity index (χ2n) is 7.92. The maximum absolute atomic E-state index is 11.1. The summed E-state index contributed by atoms with van der Waals surface area (Å²) in [5, 5.41) is 19.3. The number of carbonyl (C=O) groups is 1. The molecule has 0 aromatic heterocycles. The number of hydrogen-bond donors (Lipinski definition) is 2. The Kier molecular flexibility index (Phi) is 8.13. The van der Waals surface area contributed by atoms with Gasteiger partial charge in [-0.3, -0.25) is 4.79 Å². The number of hydrogen-bond acceptors (Lipinski definition) is 5. The zero-order chi connectivity index (χ0) is 19.8. The van der Waals surface area contributed by atoms with Crippen molar-refractivity contribution in [3.8, 4) is 5.75 Å². The van der Waals surface area contributed by atoms with Crippen molar-refractivity contribution in [3.63, 3.8) is 0 Å². The number of ether oxygens (including phenoxy) is 3. The first-order chi connectivity index (χ1) is 13.6. The normalized spacial score (nSPS) is 28.8. The van der Waals surface area contributed by atoms with Crippen LogP contribution in [0.25, 0.3) is 0 Å². The first-order valence-electron chi connectivity index (χ1n) is 10.5. The minimum absolute atomic E-state index is 0.0314. The Balaban J connectivity index is 1.55. The van der Waals surface area contributed by atoms with Gasteiger partial charge in [-0.2, -0.15) is 0 Å². The summed E-state index contributed by atoms with van der Waals surface area (Å²) in [5.41, 5.74) is 0. The van der Waals surface area contributed by atoms with E-state index in [9.17, 15) is 9.90 Å². The SMILES string of the molecule is O=C(O)CC1C(O)CCC1CCC(COc1ccccc1)OC1CCCCO1. The van der Waals surface area contributed by atoms with Gasteiger partial charge in [0.15, 0.2) is 6.29 Å². The van der Waals surface area contributed by atoms with E-state index in [0.717, 1.165) is 50.9 Å². The van der Waals surface area contributed by atoms with Crippen molar-refractivity contribution in [3.05, 3.63) is 30.3 Å². The summed E-state index contributed by atoms with van der Waals surface area (Å²) in [4.78, 5) is 11.1. The van der Waals surface area contributed by atoms with Gasteiger partial charge in [-0.25, -0.2) is 0 Å². The fraction of sp³-hybridized carbons (Fsp3) is 0.682. The minimum atomic E-state index is -0.841. The summed E-state index contributed by atoms with van der Waals surface area (Å²) >= 11 is 0. The smallest absolute Gasteiger partial charge is 0.303 e. The number of aliphatic hydroxyl groups excluding tert-OH is 1. The van der Waals surface area contributed by atoms with Gasteiger partial charge < -0.3 is 24.4 Å². The highest BCUT2D eigenvalue weighted by Gasteiger charge is 2.36. The van der Waals surface area contributed by atoms with Gasteiger partial charge in [0.1, 0.15) is 12.4 Å². The molecule has 1 aromatic rings. The first kappa shape index (κ1) is 21.1. The molecule has 1 aliphatic heterocycles. The van der Waals surface area contributed by atoms with Crippen LogP contribution in [0.5, 0.6) is 5.75 Å². The van der Waals surface area contributed by atoms with E-state index in [2.05, 4.69) is 0 Å². The Bertz CT molecular complexity index is 586. The van der Waals surface area contributed by atoms with E-state index >= 15 is 0 Å². The molecule has 0 spiro atoms. The number of rotatable bonds is 10. The van der Waals surface area contributed by atoms with Gasteiger partial charge in [-0.1, -0.05) is 18.2 Å². The second kappa shape index (κ2) is 10.8. The Morgan fingerprint density at radius 2 is 2.00 bits per heavy atom. The number of carboxylic acids is 1. The summed E-state index contributed by atoms with van der Waals surface area (Å²) in [6, 6.07) is 9.66. The Morgan fingerprint density at radius 1 is 1.18 bits per heavy atom. The van der Waals surface area contributed by atoms with Crippen molar-refractivity contribution in [2.75, 3.05) is 13.2 Å². The molecule has 0 bridgehead atoms. The highest BCUT2D eigenvalue weighted by molar-refractivity contribution is 5.67. The lowest BCUT2D eigenvalue weighted by Gasteiger charge is -2.29. The third kappa shape index (κ3) is 6.47. The number of aliphatic carboxylic acids is 1. The Labute approximate surface area is 166 Å². The van der Waals surface area contributed by atoms with Gasteiger partial charge in [0.2, 0.25) is 0 Å². The molecular formula is C22H32O6. The molecule has 5 unspecified atom stereocenters. The van der Waals surface area contributed by atoms with E-state index in [-0.39, 0.29) is 30.7 Å². The van der Waals surface area contributed by atoms with Crippen LogP contribution in [0.2, 0.25) is 0 Å². The van der Waals surface area contributed by atoms with Crippen LogP contribution in [-0.2, 0) is 14.3 Å². The lowest BCUT2D eigenvalue weighted by atomic mass is 9.87. The van der Waals surface area contributed by atoms with Crippen LogP contribution in [0, 0.1) is 11.8 Å². The molecule has 0 radical (unpaired) electrons. The van der Waals surface area contributed by atoms with E-state index < -0.39 is 12.1 Å². The molecule has 0 amide bonds. The topological polar surface area (TPSA) is 85.2 Å². The highest BCUT2D eigenvalue weighted by atomic mass is 16.7. The van der Waals surface area contributed by atoms with Crippen molar-refractivity contribution in [1.82, 2.24) is 0 Å². The zero-order valence-corrected chi connectivity index (χ0v) is 16.4. The molecule has 5 atom stereocenters. The summed E-state index contributed by atoms with van der Waals surface area (Å²) in [6.07, 6.45) is 5.41. The summed E-state index contributed by atoms with van der Waals surface area (Å²) < 4.78 is 17.8. The van der Waals surface area contributed by atoms with Crippen molar-refractivity contribution >= 4 is 5.97 Å². The maximum Gasteiger partial charge on any atom is 0.303 e. The van der Waals surface area contributed by atoms with Gasteiger partial charge in [-0.15, -0.1) is 0 Å². The highest BCUT2D eigenvalue weighted by Crippen LogP contribution is 2.38. The molecule has 28 heavy (non-hydrogen) atoms. The maximum atomic E-state index is 11.1. The predicted octanol–water partition coefficient (Wildman–Crippen LogP) is 3.62. The number of aliphatic hydroxyl groups is 1. The van der Waals surface area contributed by atoms with E-state index in [1.165, 1.54) is 0 Å². The third-order valence-corrected chi connectivity index (χ3v) is 5.86. The van der Waals surface area contributed by atoms with E-state index in [1.807, 2.05) is 30.3 Å². The average Bonchev–Trinajstić information content (AvgIpc) is 3.04. The quantitative estimate of drug-likeness (QED) is 0.633. The van der Waals surface area contributed by atoms with Crippen LogP contribution in [0.4, 0.5) is 0 Å². The molecule has 3 rings (SSSR count). The molecule has 1 saturated carbocycles. The van der Waals surface area contributed by atoms with Crippen LogP contribution in [-0.4, -0.2) is 47.9 Å². The lowest BCUT2D eigenvalue weighted by Crippen LogP contribution is -2.32. The van der Waals surface area contributed by atoms with Gasteiger partial charge in [0, 0.05) is 6.61 Å². The van der Waals surface area contributed by atoms with E-state index in [4.69, 9.17) is 19.3 Å². The molecule has 1 aliphatic carbocycles. The van der Waals surface area contributed by atoms with Crippen LogP contribution in [0.15, 0.2) is 30.3 Å². The van der Waals surface area contributed by atoms with Crippen LogP contribution < -0.4 is 4.74 Å². The number of carboxylic acid groups (broad SMARTS) is 1. The molecule has 6 nitrogen and oxygen atoms in total. The van der Waals surface area contributed by atoms with Gasteiger partial charge in [0.05, 0.1) is 18.6 Å². The predicted molar refractivity (Wildman–Crippen MR) is 104 cm³/mol. The van der Waals surface area contributed by atoms with Crippen molar-refractivity contribution in [2.45, 2.75) is 69.9 Å².